The maximum absolute atomic E-state index is 12.3. The number of aldehydes is 1. The van der Waals surface area contributed by atoms with E-state index in [2.05, 4.69) is 0 Å². The molecule has 6 nitrogen and oxygen atoms in total. The molecular weight excluding hydrogens is 336 g/mol. The number of hydrogen-bond donors (Lipinski definition) is 1. The van der Waals surface area contributed by atoms with Crippen molar-refractivity contribution >= 4 is 28.2 Å². The van der Waals surface area contributed by atoms with Crippen molar-refractivity contribution in [2.45, 2.75) is 6.42 Å². The normalized spacial score (nSPS) is 11.1. The fourth-order valence-electron chi connectivity index (χ4n) is 3.02. The molecular formula is C20H12O6. The number of phenols is 1. The van der Waals surface area contributed by atoms with E-state index in [1.807, 2.05) is 0 Å². The number of carbonyl (C=O) groups excluding carboxylic acids is 1. The fourth-order valence-corrected chi connectivity index (χ4v) is 3.02. The smallest absolute Gasteiger partial charge is 0.336 e. The van der Waals surface area contributed by atoms with E-state index >= 15 is 0 Å². The summed E-state index contributed by atoms with van der Waals surface area (Å²) in [4.78, 5) is 35.0. The molecule has 0 radical (unpaired) electrons. The Hall–Kier alpha value is -3.67. The molecule has 0 aliphatic heterocycles. The Labute approximate surface area is 145 Å². The first-order valence-corrected chi connectivity index (χ1v) is 7.81. The van der Waals surface area contributed by atoms with Crippen LogP contribution in [0, 0.1) is 0 Å². The van der Waals surface area contributed by atoms with Crippen LogP contribution in [0.4, 0.5) is 0 Å². The molecule has 0 amide bonds. The highest BCUT2D eigenvalue weighted by Crippen LogP contribution is 2.28. The van der Waals surface area contributed by atoms with Gasteiger partial charge < -0.3 is 13.9 Å². The van der Waals surface area contributed by atoms with Crippen molar-refractivity contribution < 1.29 is 18.7 Å². The molecule has 0 fully saturated rings. The maximum Gasteiger partial charge on any atom is 0.336 e. The summed E-state index contributed by atoms with van der Waals surface area (Å²) in [6.07, 6.45) is 1.87. The Balaban J connectivity index is 1.89. The SMILES string of the molecule is O=Cc1coc2ccc(Cc3cc(=O)oc4cccc(O)c34)cc2c1=O. The van der Waals surface area contributed by atoms with Gasteiger partial charge in [-0.15, -0.1) is 0 Å². The molecule has 1 N–H and O–H groups in total. The lowest BCUT2D eigenvalue weighted by Gasteiger charge is -2.08. The summed E-state index contributed by atoms with van der Waals surface area (Å²) in [6.45, 7) is 0. The highest BCUT2D eigenvalue weighted by atomic mass is 16.4. The summed E-state index contributed by atoms with van der Waals surface area (Å²) in [5.41, 5.74) is 0.955. The third-order valence-electron chi connectivity index (χ3n) is 4.21. The zero-order chi connectivity index (χ0) is 18.3. The average molecular weight is 348 g/mol. The van der Waals surface area contributed by atoms with Crippen LogP contribution < -0.4 is 11.1 Å². The zero-order valence-electron chi connectivity index (χ0n) is 13.4. The van der Waals surface area contributed by atoms with Crippen molar-refractivity contribution in [3.05, 3.63) is 86.1 Å². The predicted octanol–water partition coefficient (Wildman–Crippen LogP) is 3.01. The van der Waals surface area contributed by atoms with Gasteiger partial charge >= 0.3 is 5.63 Å². The molecule has 0 aliphatic rings. The molecule has 2 aromatic heterocycles. The van der Waals surface area contributed by atoms with Crippen molar-refractivity contribution in [1.82, 2.24) is 0 Å². The van der Waals surface area contributed by atoms with Gasteiger partial charge in [0.15, 0.2) is 6.29 Å². The summed E-state index contributed by atoms with van der Waals surface area (Å²) in [5.74, 6) is 0.00444. The molecule has 128 valence electrons. The third kappa shape index (κ3) is 2.57. The van der Waals surface area contributed by atoms with E-state index < -0.39 is 11.1 Å². The molecule has 2 aromatic carbocycles. The molecule has 0 spiro atoms. The van der Waals surface area contributed by atoms with Crippen molar-refractivity contribution in [3.8, 4) is 5.75 Å². The second kappa shape index (κ2) is 6.00. The highest BCUT2D eigenvalue weighted by molar-refractivity contribution is 5.87. The van der Waals surface area contributed by atoms with Crippen molar-refractivity contribution in [2.75, 3.05) is 0 Å². The Morgan fingerprint density at radius 3 is 2.69 bits per heavy atom. The van der Waals surface area contributed by atoms with Crippen LogP contribution >= 0.6 is 0 Å². The van der Waals surface area contributed by atoms with Crippen LogP contribution in [0.3, 0.4) is 0 Å². The quantitative estimate of drug-likeness (QED) is 0.451. The van der Waals surface area contributed by atoms with Gasteiger partial charge in [0, 0.05) is 6.07 Å². The molecule has 4 rings (SSSR count). The van der Waals surface area contributed by atoms with Crippen LogP contribution in [0.2, 0.25) is 0 Å². The van der Waals surface area contributed by atoms with Crippen LogP contribution in [0.1, 0.15) is 21.5 Å². The molecule has 0 aliphatic carbocycles. The van der Waals surface area contributed by atoms with Crippen LogP contribution in [0.25, 0.3) is 21.9 Å². The molecule has 2 heterocycles. The predicted molar refractivity (Wildman–Crippen MR) is 94.8 cm³/mol. The lowest BCUT2D eigenvalue weighted by Crippen LogP contribution is -2.08. The first-order chi connectivity index (χ1) is 12.6. The number of rotatable bonds is 3. The molecule has 26 heavy (non-hydrogen) atoms. The average Bonchev–Trinajstić information content (AvgIpc) is 2.62. The van der Waals surface area contributed by atoms with Gasteiger partial charge in [0.05, 0.1) is 16.3 Å². The fraction of sp³-hybridized carbons (Fsp3) is 0.0500. The van der Waals surface area contributed by atoms with E-state index in [0.717, 1.165) is 11.8 Å². The molecule has 0 saturated carbocycles. The van der Waals surface area contributed by atoms with E-state index in [4.69, 9.17) is 8.83 Å². The minimum atomic E-state index is -0.526. The lowest BCUT2D eigenvalue weighted by atomic mass is 10.00. The number of hydrogen-bond acceptors (Lipinski definition) is 6. The van der Waals surface area contributed by atoms with E-state index in [-0.39, 0.29) is 22.3 Å². The van der Waals surface area contributed by atoms with Crippen LogP contribution in [0.15, 0.2) is 67.2 Å². The van der Waals surface area contributed by atoms with Gasteiger partial charge in [-0.05, 0) is 41.8 Å². The molecule has 4 aromatic rings. The third-order valence-corrected chi connectivity index (χ3v) is 4.21. The van der Waals surface area contributed by atoms with Crippen molar-refractivity contribution in [2.24, 2.45) is 0 Å². The van der Waals surface area contributed by atoms with Gasteiger partial charge in [-0.3, -0.25) is 9.59 Å². The van der Waals surface area contributed by atoms with Crippen LogP contribution in [-0.4, -0.2) is 11.4 Å². The number of benzene rings is 2. The van der Waals surface area contributed by atoms with Gasteiger partial charge in [-0.25, -0.2) is 4.79 Å². The topological polar surface area (TPSA) is 97.7 Å². The standard InChI is InChI=1S/C20H12O6/c21-9-13-10-25-16-5-4-11(7-14(16)20(13)24)6-12-8-18(23)26-17-3-1-2-15(22)19(12)17/h1-5,7-10,22H,6H2. The number of fused-ring (bicyclic) bond motifs is 2. The Morgan fingerprint density at radius 2 is 1.88 bits per heavy atom. The molecule has 0 unspecified atom stereocenters. The van der Waals surface area contributed by atoms with E-state index in [1.165, 1.54) is 12.1 Å². The first kappa shape index (κ1) is 15.8. The van der Waals surface area contributed by atoms with Crippen molar-refractivity contribution in [3.63, 3.8) is 0 Å². The zero-order valence-corrected chi connectivity index (χ0v) is 13.4. The first-order valence-electron chi connectivity index (χ1n) is 7.81. The molecule has 0 saturated heterocycles. The van der Waals surface area contributed by atoms with E-state index in [0.29, 0.717) is 29.2 Å². The molecule has 0 bridgehead atoms. The minimum absolute atomic E-state index is 0.00444. The van der Waals surface area contributed by atoms with Gasteiger partial charge in [0.1, 0.15) is 23.2 Å². The molecule has 0 atom stereocenters. The Bertz CT molecular complexity index is 1280. The van der Waals surface area contributed by atoms with Gasteiger partial charge in [-0.1, -0.05) is 12.1 Å². The monoisotopic (exact) mass is 348 g/mol. The van der Waals surface area contributed by atoms with E-state index in [1.54, 1.807) is 30.3 Å². The van der Waals surface area contributed by atoms with Crippen LogP contribution in [-0.2, 0) is 6.42 Å². The Kier molecular flexibility index (Phi) is 3.65. The van der Waals surface area contributed by atoms with Gasteiger partial charge in [0.25, 0.3) is 0 Å². The summed E-state index contributed by atoms with van der Waals surface area (Å²) in [6, 6.07) is 11.0. The summed E-state index contributed by atoms with van der Waals surface area (Å²) >= 11 is 0. The second-order valence-corrected chi connectivity index (χ2v) is 5.89. The number of carbonyl (C=O) groups is 1. The summed E-state index contributed by atoms with van der Waals surface area (Å²) in [7, 11) is 0. The second-order valence-electron chi connectivity index (χ2n) is 5.89. The lowest BCUT2D eigenvalue weighted by molar-refractivity contribution is 0.112. The Morgan fingerprint density at radius 1 is 1.04 bits per heavy atom. The molecule has 6 heteroatoms. The largest absolute Gasteiger partial charge is 0.507 e. The number of aromatic hydroxyl groups is 1. The highest BCUT2D eigenvalue weighted by Gasteiger charge is 2.12. The summed E-state index contributed by atoms with van der Waals surface area (Å²) < 4.78 is 10.4. The van der Waals surface area contributed by atoms with Crippen molar-refractivity contribution in [1.29, 1.82) is 0 Å². The van der Waals surface area contributed by atoms with Gasteiger partial charge in [0.2, 0.25) is 5.43 Å². The minimum Gasteiger partial charge on any atom is -0.507 e. The van der Waals surface area contributed by atoms with E-state index in [9.17, 15) is 19.5 Å². The van der Waals surface area contributed by atoms with Gasteiger partial charge in [-0.2, -0.15) is 0 Å². The summed E-state index contributed by atoms with van der Waals surface area (Å²) in [5, 5.41) is 10.9. The van der Waals surface area contributed by atoms with Crippen LogP contribution in [0.5, 0.6) is 5.75 Å². The number of phenolic OH excluding ortho intramolecular Hbond substituents is 1. The maximum atomic E-state index is 12.3.